The van der Waals surface area contributed by atoms with Crippen LogP contribution in [0.4, 0.5) is 4.39 Å². The molecule has 2 rings (SSSR count). The van der Waals surface area contributed by atoms with Gasteiger partial charge in [0.2, 0.25) is 0 Å². The Morgan fingerprint density at radius 1 is 1.47 bits per heavy atom. The van der Waals surface area contributed by atoms with Crippen LogP contribution in [-0.4, -0.2) is 36.2 Å². The number of likely N-dealkylation sites (N-methyl/N-ethyl adjacent to an activating group) is 1. The maximum absolute atomic E-state index is 13.3. The standard InChI is InChI=1S/C15H23FN2O/c1-11(14-9-12(16)6-7-15(14)19)18(2)10-13-5-3-4-8-17-13/h6-7,9,11,13,17,19H,3-5,8,10H2,1-2H3. The highest BCUT2D eigenvalue weighted by Crippen LogP contribution is 2.28. The van der Waals surface area contributed by atoms with Crippen LogP contribution in [0.5, 0.6) is 5.75 Å². The number of phenolic OH excluding ortho intramolecular Hbond substituents is 1. The summed E-state index contributed by atoms with van der Waals surface area (Å²) in [5.74, 6) is -0.138. The van der Waals surface area contributed by atoms with Crippen molar-refractivity contribution in [3.63, 3.8) is 0 Å². The second-order valence-corrected chi connectivity index (χ2v) is 5.47. The van der Waals surface area contributed by atoms with Gasteiger partial charge < -0.3 is 10.4 Å². The molecule has 0 amide bonds. The van der Waals surface area contributed by atoms with Crippen molar-refractivity contribution in [3.05, 3.63) is 29.6 Å². The van der Waals surface area contributed by atoms with Crippen LogP contribution in [0.15, 0.2) is 18.2 Å². The maximum Gasteiger partial charge on any atom is 0.123 e. The van der Waals surface area contributed by atoms with Gasteiger partial charge in [0.15, 0.2) is 0 Å². The number of hydrogen-bond acceptors (Lipinski definition) is 3. The van der Waals surface area contributed by atoms with Crippen LogP contribution in [0.25, 0.3) is 0 Å². The second-order valence-electron chi connectivity index (χ2n) is 5.47. The van der Waals surface area contributed by atoms with Crippen LogP contribution in [0.1, 0.15) is 37.8 Å². The SMILES string of the molecule is CC(c1cc(F)ccc1O)N(C)CC1CCCCN1. The minimum atomic E-state index is -0.302. The first-order chi connectivity index (χ1) is 9.08. The molecule has 106 valence electrons. The normalized spacial score (nSPS) is 21.6. The predicted octanol–water partition coefficient (Wildman–Crippen LogP) is 2.67. The van der Waals surface area contributed by atoms with Crippen LogP contribution in [0.2, 0.25) is 0 Å². The molecule has 1 aromatic carbocycles. The van der Waals surface area contributed by atoms with E-state index >= 15 is 0 Å². The quantitative estimate of drug-likeness (QED) is 0.879. The van der Waals surface area contributed by atoms with Gasteiger partial charge in [-0.15, -0.1) is 0 Å². The van der Waals surface area contributed by atoms with E-state index in [4.69, 9.17) is 0 Å². The zero-order valence-electron chi connectivity index (χ0n) is 11.7. The van der Waals surface area contributed by atoms with E-state index in [1.165, 1.54) is 37.5 Å². The molecule has 1 aliphatic rings. The number of hydrogen-bond donors (Lipinski definition) is 2. The number of nitrogens with zero attached hydrogens (tertiary/aromatic N) is 1. The highest BCUT2D eigenvalue weighted by atomic mass is 19.1. The van der Waals surface area contributed by atoms with Gasteiger partial charge in [0.1, 0.15) is 11.6 Å². The van der Waals surface area contributed by atoms with Gasteiger partial charge in [0.25, 0.3) is 0 Å². The third-order valence-electron chi connectivity index (χ3n) is 4.02. The number of rotatable bonds is 4. The number of halogens is 1. The van der Waals surface area contributed by atoms with Crippen molar-refractivity contribution in [2.75, 3.05) is 20.1 Å². The molecule has 1 saturated heterocycles. The fourth-order valence-electron chi connectivity index (χ4n) is 2.68. The number of aromatic hydroxyl groups is 1. The largest absolute Gasteiger partial charge is 0.508 e. The Kier molecular flexibility index (Phi) is 4.77. The summed E-state index contributed by atoms with van der Waals surface area (Å²) in [7, 11) is 2.02. The van der Waals surface area contributed by atoms with Crippen molar-refractivity contribution in [3.8, 4) is 5.75 Å². The number of nitrogens with one attached hydrogen (secondary N) is 1. The van der Waals surface area contributed by atoms with Crippen molar-refractivity contribution in [1.82, 2.24) is 10.2 Å². The van der Waals surface area contributed by atoms with Gasteiger partial charge in [0, 0.05) is 24.2 Å². The van der Waals surface area contributed by atoms with E-state index in [1.54, 1.807) is 0 Å². The molecular weight excluding hydrogens is 243 g/mol. The van der Waals surface area contributed by atoms with Gasteiger partial charge in [-0.25, -0.2) is 4.39 Å². The summed E-state index contributed by atoms with van der Waals surface area (Å²) in [5.41, 5.74) is 0.651. The van der Waals surface area contributed by atoms with E-state index in [0.29, 0.717) is 11.6 Å². The smallest absolute Gasteiger partial charge is 0.123 e. The molecule has 0 aromatic heterocycles. The monoisotopic (exact) mass is 266 g/mol. The van der Waals surface area contributed by atoms with Gasteiger partial charge >= 0.3 is 0 Å². The fraction of sp³-hybridized carbons (Fsp3) is 0.600. The number of benzene rings is 1. The second kappa shape index (κ2) is 6.35. The average Bonchev–Trinajstić information content (AvgIpc) is 2.42. The molecule has 19 heavy (non-hydrogen) atoms. The van der Waals surface area contributed by atoms with Gasteiger partial charge in [-0.05, 0) is 51.6 Å². The predicted molar refractivity (Wildman–Crippen MR) is 74.8 cm³/mol. The Morgan fingerprint density at radius 3 is 2.95 bits per heavy atom. The van der Waals surface area contributed by atoms with E-state index < -0.39 is 0 Å². The Bertz CT molecular complexity index is 419. The van der Waals surface area contributed by atoms with Gasteiger partial charge in [-0.1, -0.05) is 6.42 Å². The molecule has 3 nitrogen and oxygen atoms in total. The Morgan fingerprint density at radius 2 is 2.26 bits per heavy atom. The van der Waals surface area contributed by atoms with Crippen molar-refractivity contribution in [2.45, 2.75) is 38.3 Å². The van der Waals surface area contributed by atoms with Crippen molar-refractivity contribution >= 4 is 0 Å². The average molecular weight is 266 g/mol. The molecule has 0 spiro atoms. The van der Waals surface area contributed by atoms with Gasteiger partial charge in [-0.2, -0.15) is 0 Å². The lowest BCUT2D eigenvalue weighted by atomic mass is 10.0. The Hall–Kier alpha value is -1.13. The third kappa shape index (κ3) is 3.67. The molecule has 0 bridgehead atoms. The summed E-state index contributed by atoms with van der Waals surface area (Å²) >= 11 is 0. The molecule has 0 radical (unpaired) electrons. The van der Waals surface area contributed by atoms with Crippen LogP contribution in [0, 0.1) is 5.82 Å². The lowest BCUT2D eigenvalue weighted by Crippen LogP contribution is -2.43. The highest BCUT2D eigenvalue weighted by Gasteiger charge is 2.20. The van der Waals surface area contributed by atoms with Crippen LogP contribution in [0.3, 0.4) is 0 Å². The first kappa shape index (κ1) is 14.3. The molecule has 2 atom stereocenters. The first-order valence-electron chi connectivity index (χ1n) is 7.00. The summed E-state index contributed by atoms with van der Waals surface area (Å²) < 4.78 is 13.3. The molecule has 1 fully saturated rings. The van der Waals surface area contributed by atoms with Crippen LogP contribution in [-0.2, 0) is 0 Å². The highest BCUT2D eigenvalue weighted by molar-refractivity contribution is 5.34. The first-order valence-corrected chi connectivity index (χ1v) is 7.00. The molecular formula is C15H23FN2O. The summed E-state index contributed by atoms with van der Waals surface area (Å²) in [4.78, 5) is 2.16. The molecule has 1 aliphatic heterocycles. The minimum Gasteiger partial charge on any atom is -0.508 e. The molecule has 2 unspecified atom stereocenters. The molecule has 0 saturated carbocycles. The fourth-order valence-corrected chi connectivity index (χ4v) is 2.68. The van der Waals surface area contributed by atoms with E-state index in [-0.39, 0.29) is 17.6 Å². The number of piperidine rings is 1. The molecule has 0 aliphatic carbocycles. The summed E-state index contributed by atoms with van der Waals surface area (Å²) in [5, 5.41) is 13.4. The summed E-state index contributed by atoms with van der Waals surface area (Å²) in [6.45, 7) is 3.99. The van der Waals surface area contributed by atoms with E-state index in [2.05, 4.69) is 10.2 Å². The van der Waals surface area contributed by atoms with E-state index in [0.717, 1.165) is 13.1 Å². The summed E-state index contributed by atoms with van der Waals surface area (Å²) in [6.07, 6.45) is 3.71. The van der Waals surface area contributed by atoms with Gasteiger partial charge in [-0.3, -0.25) is 4.90 Å². The molecule has 1 heterocycles. The van der Waals surface area contributed by atoms with E-state index in [9.17, 15) is 9.50 Å². The van der Waals surface area contributed by atoms with E-state index in [1.807, 2.05) is 14.0 Å². The molecule has 4 heteroatoms. The summed E-state index contributed by atoms with van der Waals surface area (Å²) in [6, 6.07) is 4.63. The van der Waals surface area contributed by atoms with Crippen LogP contribution >= 0.6 is 0 Å². The van der Waals surface area contributed by atoms with Crippen molar-refractivity contribution in [2.24, 2.45) is 0 Å². The zero-order valence-corrected chi connectivity index (χ0v) is 11.7. The topological polar surface area (TPSA) is 35.5 Å². The van der Waals surface area contributed by atoms with Crippen LogP contribution < -0.4 is 5.32 Å². The number of phenols is 1. The minimum absolute atomic E-state index is 0.000531. The van der Waals surface area contributed by atoms with Gasteiger partial charge in [0.05, 0.1) is 0 Å². The molecule has 2 N–H and O–H groups in total. The Labute approximate surface area is 114 Å². The Balaban J connectivity index is 2.01. The maximum atomic E-state index is 13.3. The zero-order chi connectivity index (χ0) is 13.8. The molecule has 1 aromatic rings. The third-order valence-corrected chi connectivity index (χ3v) is 4.02. The lowest BCUT2D eigenvalue weighted by molar-refractivity contribution is 0.211. The van der Waals surface area contributed by atoms with Crippen molar-refractivity contribution < 1.29 is 9.50 Å². The lowest BCUT2D eigenvalue weighted by Gasteiger charge is -2.32. The van der Waals surface area contributed by atoms with Crippen molar-refractivity contribution in [1.29, 1.82) is 0 Å².